The second-order valence-corrected chi connectivity index (χ2v) is 6.81. The van der Waals surface area contributed by atoms with Crippen LogP contribution in [0.4, 0.5) is 0 Å². The molecule has 0 aliphatic rings. The standard InChI is InChI=1S/C16H19N3S2/c1-3-17-10-14-15(18-16-19(14)7-8-20-16)21-11-13-6-4-5-12(2)9-13/h4-9,17H,3,10-11H2,1-2H3. The van der Waals surface area contributed by atoms with Gasteiger partial charge < -0.3 is 5.32 Å². The SMILES string of the molecule is CCNCc1c(SCc2cccc(C)c2)nc2sccn12. The van der Waals surface area contributed by atoms with Gasteiger partial charge >= 0.3 is 0 Å². The molecular formula is C16H19N3S2. The summed E-state index contributed by atoms with van der Waals surface area (Å²) in [6.45, 7) is 6.10. The molecule has 2 heterocycles. The maximum absolute atomic E-state index is 4.77. The van der Waals surface area contributed by atoms with Crippen molar-refractivity contribution in [2.75, 3.05) is 6.54 Å². The topological polar surface area (TPSA) is 29.3 Å². The van der Waals surface area contributed by atoms with E-state index in [0.717, 1.165) is 28.8 Å². The van der Waals surface area contributed by atoms with Gasteiger partial charge in [-0.2, -0.15) is 0 Å². The molecule has 3 nitrogen and oxygen atoms in total. The molecule has 3 rings (SSSR count). The number of aromatic nitrogens is 2. The summed E-state index contributed by atoms with van der Waals surface area (Å²) in [5, 5.41) is 6.64. The summed E-state index contributed by atoms with van der Waals surface area (Å²) in [5.41, 5.74) is 3.93. The maximum atomic E-state index is 4.77. The lowest BCUT2D eigenvalue weighted by atomic mass is 10.2. The van der Waals surface area contributed by atoms with Crippen LogP contribution >= 0.6 is 23.1 Å². The van der Waals surface area contributed by atoms with Crippen molar-refractivity contribution in [2.45, 2.75) is 31.2 Å². The fourth-order valence-corrected chi connectivity index (χ4v) is 4.05. The van der Waals surface area contributed by atoms with Crippen molar-refractivity contribution in [3.63, 3.8) is 0 Å². The number of nitrogens with zero attached hydrogens (tertiary/aromatic N) is 2. The minimum absolute atomic E-state index is 0.866. The van der Waals surface area contributed by atoms with E-state index in [0.29, 0.717) is 0 Å². The highest BCUT2D eigenvalue weighted by molar-refractivity contribution is 7.98. The maximum Gasteiger partial charge on any atom is 0.194 e. The molecule has 0 fully saturated rings. The zero-order valence-corrected chi connectivity index (χ0v) is 13.9. The highest BCUT2D eigenvalue weighted by Crippen LogP contribution is 2.28. The largest absolute Gasteiger partial charge is 0.311 e. The summed E-state index contributed by atoms with van der Waals surface area (Å²) in [6.07, 6.45) is 2.11. The number of hydrogen-bond acceptors (Lipinski definition) is 4. The van der Waals surface area contributed by atoms with Gasteiger partial charge in [0.2, 0.25) is 0 Å². The Morgan fingerprint density at radius 3 is 3.10 bits per heavy atom. The molecule has 0 atom stereocenters. The smallest absolute Gasteiger partial charge is 0.194 e. The van der Waals surface area contributed by atoms with E-state index < -0.39 is 0 Å². The lowest BCUT2D eigenvalue weighted by Crippen LogP contribution is -2.13. The van der Waals surface area contributed by atoms with Crippen LogP contribution in [-0.4, -0.2) is 15.9 Å². The Morgan fingerprint density at radius 2 is 2.29 bits per heavy atom. The van der Waals surface area contributed by atoms with Crippen LogP contribution in [0.25, 0.3) is 4.96 Å². The summed E-state index contributed by atoms with van der Waals surface area (Å²) in [6, 6.07) is 8.69. The number of fused-ring (bicyclic) bond motifs is 1. The number of imidazole rings is 1. The third-order valence-electron chi connectivity index (χ3n) is 3.32. The van der Waals surface area contributed by atoms with Crippen molar-refractivity contribution in [3.05, 3.63) is 52.7 Å². The molecule has 0 saturated heterocycles. The summed E-state index contributed by atoms with van der Waals surface area (Å²) in [7, 11) is 0. The fourth-order valence-electron chi connectivity index (χ4n) is 2.29. The first-order chi connectivity index (χ1) is 10.3. The molecule has 0 saturated carbocycles. The van der Waals surface area contributed by atoms with Gasteiger partial charge in [-0.25, -0.2) is 4.98 Å². The Bertz CT molecular complexity index is 730. The van der Waals surface area contributed by atoms with Crippen molar-refractivity contribution in [2.24, 2.45) is 0 Å². The van der Waals surface area contributed by atoms with Crippen molar-refractivity contribution in [3.8, 4) is 0 Å². The first-order valence-corrected chi connectivity index (χ1v) is 8.98. The van der Waals surface area contributed by atoms with Gasteiger partial charge in [0, 0.05) is 23.9 Å². The summed E-state index contributed by atoms with van der Waals surface area (Å²) < 4.78 is 2.20. The van der Waals surface area contributed by atoms with Gasteiger partial charge in [-0.15, -0.1) is 11.3 Å². The zero-order chi connectivity index (χ0) is 14.7. The molecule has 1 aromatic carbocycles. The molecule has 2 aromatic heterocycles. The van der Waals surface area contributed by atoms with Crippen molar-refractivity contribution in [1.29, 1.82) is 0 Å². The molecule has 3 aromatic rings. The van der Waals surface area contributed by atoms with E-state index in [9.17, 15) is 0 Å². The number of nitrogens with one attached hydrogen (secondary N) is 1. The molecular weight excluding hydrogens is 298 g/mol. The molecule has 0 spiro atoms. The average Bonchev–Trinajstić information content (AvgIpc) is 3.04. The molecule has 0 radical (unpaired) electrons. The molecule has 110 valence electrons. The minimum atomic E-state index is 0.866. The highest BCUT2D eigenvalue weighted by atomic mass is 32.2. The van der Waals surface area contributed by atoms with Crippen LogP contribution in [0.5, 0.6) is 0 Å². The monoisotopic (exact) mass is 317 g/mol. The average molecular weight is 317 g/mol. The Hall–Kier alpha value is -1.30. The number of hydrogen-bond donors (Lipinski definition) is 1. The van der Waals surface area contributed by atoms with Gasteiger partial charge in [0.25, 0.3) is 0 Å². The molecule has 0 amide bonds. The molecule has 0 bridgehead atoms. The summed E-state index contributed by atoms with van der Waals surface area (Å²) in [4.78, 5) is 5.85. The fraction of sp³-hybridized carbons (Fsp3) is 0.312. The van der Waals surface area contributed by atoms with Crippen LogP contribution in [-0.2, 0) is 12.3 Å². The van der Waals surface area contributed by atoms with E-state index in [1.807, 2.05) is 11.8 Å². The van der Waals surface area contributed by atoms with Crippen LogP contribution in [0.1, 0.15) is 23.7 Å². The normalized spacial score (nSPS) is 11.3. The second kappa shape index (κ2) is 6.64. The number of benzene rings is 1. The lowest BCUT2D eigenvalue weighted by molar-refractivity contribution is 0.694. The summed E-state index contributed by atoms with van der Waals surface area (Å²) >= 11 is 3.52. The van der Waals surface area contributed by atoms with E-state index in [2.05, 4.69) is 59.4 Å². The first-order valence-electron chi connectivity index (χ1n) is 7.11. The Balaban J connectivity index is 1.80. The number of thioether (sulfide) groups is 1. The third-order valence-corrected chi connectivity index (χ3v) is 5.16. The Labute approximate surface area is 133 Å². The predicted molar refractivity (Wildman–Crippen MR) is 91.2 cm³/mol. The molecule has 1 N–H and O–H groups in total. The highest BCUT2D eigenvalue weighted by Gasteiger charge is 2.13. The molecule has 21 heavy (non-hydrogen) atoms. The van der Waals surface area contributed by atoms with Gasteiger partial charge in [0.15, 0.2) is 4.96 Å². The summed E-state index contributed by atoms with van der Waals surface area (Å²) in [5.74, 6) is 0.964. The van der Waals surface area contributed by atoms with Crippen LogP contribution in [0.3, 0.4) is 0 Å². The quantitative estimate of drug-likeness (QED) is 0.694. The van der Waals surface area contributed by atoms with Gasteiger partial charge in [-0.3, -0.25) is 4.40 Å². The van der Waals surface area contributed by atoms with Crippen molar-refractivity contribution in [1.82, 2.24) is 14.7 Å². The van der Waals surface area contributed by atoms with Crippen molar-refractivity contribution >= 4 is 28.1 Å². The third kappa shape index (κ3) is 3.31. The number of thiazole rings is 1. The van der Waals surface area contributed by atoms with Gasteiger partial charge in [-0.05, 0) is 19.0 Å². The van der Waals surface area contributed by atoms with Crippen molar-refractivity contribution < 1.29 is 0 Å². The lowest BCUT2D eigenvalue weighted by Gasteiger charge is -2.05. The Kier molecular flexibility index (Phi) is 4.63. The molecule has 0 unspecified atom stereocenters. The zero-order valence-electron chi connectivity index (χ0n) is 12.3. The van der Waals surface area contributed by atoms with E-state index in [4.69, 9.17) is 4.98 Å². The number of rotatable bonds is 6. The first kappa shape index (κ1) is 14.6. The van der Waals surface area contributed by atoms with Crippen LogP contribution < -0.4 is 5.32 Å². The van der Waals surface area contributed by atoms with Gasteiger partial charge in [0.1, 0.15) is 5.03 Å². The van der Waals surface area contributed by atoms with E-state index in [1.165, 1.54) is 16.8 Å². The van der Waals surface area contributed by atoms with Gasteiger partial charge in [0.05, 0.1) is 5.69 Å². The van der Waals surface area contributed by atoms with Crippen LogP contribution in [0.15, 0.2) is 40.9 Å². The van der Waals surface area contributed by atoms with E-state index in [1.54, 1.807) is 11.3 Å². The van der Waals surface area contributed by atoms with E-state index in [-0.39, 0.29) is 0 Å². The molecule has 0 aliphatic carbocycles. The molecule has 0 aliphatic heterocycles. The van der Waals surface area contributed by atoms with Gasteiger partial charge in [-0.1, -0.05) is 48.5 Å². The van der Waals surface area contributed by atoms with Crippen LogP contribution in [0.2, 0.25) is 0 Å². The second-order valence-electron chi connectivity index (χ2n) is 4.98. The Morgan fingerprint density at radius 1 is 1.38 bits per heavy atom. The van der Waals surface area contributed by atoms with Crippen LogP contribution in [0, 0.1) is 6.92 Å². The molecule has 5 heteroatoms. The predicted octanol–water partition coefficient (Wildman–Crippen LogP) is 4.11. The number of aryl methyl sites for hydroxylation is 1. The minimum Gasteiger partial charge on any atom is -0.311 e. The van der Waals surface area contributed by atoms with E-state index >= 15 is 0 Å².